The molecule has 1 heterocycles. The molecule has 0 saturated carbocycles. The van der Waals surface area contributed by atoms with Gasteiger partial charge in [-0.1, -0.05) is 35.9 Å². The van der Waals surface area contributed by atoms with Crippen molar-refractivity contribution in [1.29, 1.82) is 0 Å². The first-order chi connectivity index (χ1) is 11.1. The van der Waals surface area contributed by atoms with E-state index in [2.05, 4.69) is 10.4 Å². The average Bonchev–Trinajstić information content (AvgIpc) is 2.88. The number of para-hydroxylation sites is 1. The van der Waals surface area contributed by atoms with Crippen LogP contribution in [0.15, 0.2) is 48.5 Å². The van der Waals surface area contributed by atoms with Gasteiger partial charge in [0.15, 0.2) is 5.15 Å². The lowest BCUT2D eigenvalue weighted by Crippen LogP contribution is -2.24. The van der Waals surface area contributed by atoms with Gasteiger partial charge >= 0.3 is 0 Å². The monoisotopic (exact) mass is 331 g/mol. The Labute approximate surface area is 137 Å². The summed E-state index contributed by atoms with van der Waals surface area (Å²) in [6.45, 7) is 0.736. The molecule has 118 valence electrons. The molecule has 4 nitrogen and oxygen atoms in total. The minimum Gasteiger partial charge on any atom is -0.352 e. The van der Waals surface area contributed by atoms with Crippen molar-refractivity contribution >= 4 is 28.4 Å². The van der Waals surface area contributed by atoms with Gasteiger partial charge in [0, 0.05) is 18.4 Å². The predicted octanol–water partition coefficient (Wildman–Crippen LogP) is 3.54. The summed E-state index contributed by atoms with van der Waals surface area (Å²) in [7, 11) is 0. The van der Waals surface area contributed by atoms with Gasteiger partial charge in [-0.25, -0.2) is 4.39 Å². The van der Waals surface area contributed by atoms with Gasteiger partial charge in [0.1, 0.15) is 5.82 Å². The van der Waals surface area contributed by atoms with E-state index in [0.29, 0.717) is 18.2 Å². The van der Waals surface area contributed by atoms with Crippen molar-refractivity contribution in [2.75, 3.05) is 0 Å². The second-order valence-corrected chi connectivity index (χ2v) is 5.55. The molecule has 1 amide bonds. The number of amides is 1. The summed E-state index contributed by atoms with van der Waals surface area (Å²) in [4.78, 5) is 11.9. The molecule has 2 aromatic carbocycles. The van der Waals surface area contributed by atoms with Gasteiger partial charge in [0.05, 0.1) is 12.1 Å². The number of rotatable bonds is 5. The Morgan fingerprint density at radius 2 is 2.04 bits per heavy atom. The number of aryl methyl sites for hydroxylation is 1. The second kappa shape index (κ2) is 6.79. The van der Waals surface area contributed by atoms with Crippen LogP contribution in [0.2, 0.25) is 5.15 Å². The smallest absolute Gasteiger partial charge is 0.222 e. The first-order valence-corrected chi connectivity index (χ1v) is 7.63. The van der Waals surface area contributed by atoms with Crippen molar-refractivity contribution in [3.63, 3.8) is 0 Å². The van der Waals surface area contributed by atoms with Gasteiger partial charge in [-0.2, -0.15) is 5.10 Å². The SMILES string of the molecule is O=C(CCn1nc(Cl)c2ccccc21)NCc1cccc(F)c1. The molecule has 3 rings (SSSR count). The minimum atomic E-state index is -0.311. The Morgan fingerprint density at radius 1 is 1.22 bits per heavy atom. The molecule has 0 atom stereocenters. The number of fused-ring (bicyclic) bond motifs is 1. The van der Waals surface area contributed by atoms with E-state index in [1.165, 1.54) is 12.1 Å². The van der Waals surface area contributed by atoms with Crippen LogP contribution in [0.4, 0.5) is 4.39 Å². The van der Waals surface area contributed by atoms with Crippen molar-refractivity contribution < 1.29 is 9.18 Å². The zero-order valence-electron chi connectivity index (χ0n) is 12.3. The summed E-state index contributed by atoms with van der Waals surface area (Å²) in [5.74, 6) is -0.431. The number of hydrogen-bond acceptors (Lipinski definition) is 2. The number of aromatic nitrogens is 2. The molecule has 0 aliphatic rings. The summed E-state index contributed by atoms with van der Waals surface area (Å²) in [6.07, 6.45) is 0.275. The molecule has 0 aliphatic heterocycles. The van der Waals surface area contributed by atoms with E-state index < -0.39 is 0 Å². The number of halogens is 2. The van der Waals surface area contributed by atoms with Gasteiger partial charge in [-0.05, 0) is 29.8 Å². The maximum atomic E-state index is 13.1. The topological polar surface area (TPSA) is 46.9 Å². The summed E-state index contributed by atoms with van der Waals surface area (Å²) in [6, 6.07) is 13.8. The molecule has 1 N–H and O–H groups in total. The van der Waals surface area contributed by atoms with E-state index in [4.69, 9.17) is 11.6 Å². The number of nitrogens with zero attached hydrogens (tertiary/aromatic N) is 2. The van der Waals surface area contributed by atoms with Crippen LogP contribution in [-0.4, -0.2) is 15.7 Å². The fraction of sp³-hybridized carbons (Fsp3) is 0.176. The van der Waals surface area contributed by atoms with E-state index in [0.717, 1.165) is 16.5 Å². The Kier molecular flexibility index (Phi) is 4.57. The van der Waals surface area contributed by atoms with Crippen LogP contribution in [0, 0.1) is 5.82 Å². The van der Waals surface area contributed by atoms with Crippen LogP contribution >= 0.6 is 11.6 Å². The van der Waals surface area contributed by atoms with Gasteiger partial charge in [-0.15, -0.1) is 0 Å². The lowest BCUT2D eigenvalue weighted by Gasteiger charge is -2.06. The molecule has 0 bridgehead atoms. The highest BCUT2D eigenvalue weighted by molar-refractivity contribution is 6.34. The molecule has 3 aromatic rings. The van der Waals surface area contributed by atoms with Crippen molar-refractivity contribution in [2.45, 2.75) is 19.5 Å². The molecule has 6 heteroatoms. The molecular weight excluding hydrogens is 317 g/mol. The van der Waals surface area contributed by atoms with Crippen LogP contribution in [-0.2, 0) is 17.9 Å². The molecule has 0 aliphatic carbocycles. The van der Waals surface area contributed by atoms with E-state index in [1.807, 2.05) is 24.3 Å². The Balaban J connectivity index is 1.58. The highest BCUT2D eigenvalue weighted by Gasteiger charge is 2.09. The van der Waals surface area contributed by atoms with Gasteiger partial charge in [-0.3, -0.25) is 9.48 Å². The molecule has 0 unspecified atom stereocenters. The van der Waals surface area contributed by atoms with E-state index >= 15 is 0 Å². The maximum absolute atomic E-state index is 13.1. The average molecular weight is 332 g/mol. The maximum Gasteiger partial charge on any atom is 0.222 e. The zero-order valence-corrected chi connectivity index (χ0v) is 13.1. The fourth-order valence-electron chi connectivity index (χ4n) is 2.40. The second-order valence-electron chi connectivity index (χ2n) is 5.19. The lowest BCUT2D eigenvalue weighted by atomic mass is 10.2. The molecule has 0 radical (unpaired) electrons. The first kappa shape index (κ1) is 15.5. The van der Waals surface area contributed by atoms with Crippen LogP contribution in [0.5, 0.6) is 0 Å². The first-order valence-electron chi connectivity index (χ1n) is 7.25. The lowest BCUT2D eigenvalue weighted by molar-refractivity contribution is -0.121. The quantitative estimate of drug-likeness (QED) is 0.777. The molecule has 0 spiro atoms. The number of nitrogens with one attached hydrogen (secondary N) is 1. The standard InChI is InChI=1S/C17H15ClFN3O/c18-17-14-6-1-2-7-15(14)22(21-17)9-8-16(23)20-11-12-4-3-5-13(19)10-12/h1-7,10H,8-9,11H2,(H,20,23). The molecule has 0 saturated heterocycles. The molecule has 1 aromatic heterocycles. The summed E-state index contributed by atoms with van der Waals surface area (Å²) in [5.41, 5.74) is 1.63. The Bertz CT molecular complexity index is 847. The number of carbonyl (C=O) groups is 1. The summed E-state index contributed by atoms with van der Waals surface area (Å²) >= 11 is 6.08. The number of hydrogen-bond donors (Lipinski definition) is 1. The van der Waals surface area contributed by atoms with E-state index in [1.54, 1.807) is 16.8 Å². The summed E-state index contributed by atoms with van der Waals surface area (Å²) < 4.78 is 14.8. The third-order valence-electron chi connectivity index (χ3n) is 3.54. The van der Waals surface area contributed by atoms with Crippen LogP contribution in [0.25, 0.3) is 10.9 Å². The Hall–Kier alpha value is -2.40. The fourth-order valence-corrected chi connectivity index (χ4v) is 2.65. The predicted molar refractivity (Wildman–Crippen MR) is 87.6 cm³/mol. The van der Waals surface area contributed by atoms with Crippen molar-refractivity contribution in [1.82, 2.24) is 15.1 Å². The normalized spacial score (nSPS) is 10.9. The number of carbonyl (C=O) groups excluding carboxylic acids is 1. The highest BCUT2D eigenvalue weighted by Crippen LogP contribution is 2.22. The largest absolute Gasteiger partial charge is 0.352 e. The molecule has 0 fully saturated rings. The van der Waals surface area contributed by atoms with Crippen molar-refractivity contribution in [2.24, 2.45) is 0 Å². The van der Waals surface area contributed by atoms with Crippen LogP contribution in [0.3, 0.4) is 0 Å². The highest BCUT2D eigenvalue weighted by atomic mass is 35.5. The van der Waals surface area contributed by atoms with Crippen molar-refractivity contribution in [3.8, 4) is 0 Å². The molecular formula is C17H15ClFN3O. The summed E-state index contributed by atoms with van der Waals surface area (Å²) in [5, 5.41) is 8.32. The van der Waals surface area contributed by atoms with Crippen molar-refractivity contribution in [3.05, 3.63) is 65.1 Å². The van der Waals surface area contributed by atoms with E-state index in [9.17, 15) is 9.18 Å². The van der Waals surface area contributed by atoms with Crippen LogP contribution in [0.1, 0.15) is 12.0 Å². The third kappa shape index (κ3) is 3.68. The minimum absolute atomic E-state index is 0.120. The Morgan fingerprint density at radius 3 is 2.87 bits per heavy atom. The number of benzene rings is 2. The van der Waals surface area contributed by atoms with E-state index in [-0.39, 0.29) is 18.1 Å². The molecule has 23 heavy (non-hydrogen) atoms. The zero-order chi connectivity index (χ0) is 16.2. The third-order valence-corrected chi connectivity index (χ3v) is 3.82. The van der Waals surface area contributed by atoms with Gasteiger partial charge in [0.25, 0.3) is 0 Å². The van der Waals surface area contributed by atoms with Gasteiger partial charge in [0.2, 0.25) is 5.91 Å². The van der Waals surface area contributed by atoms with Gasteiger partial charge < -0.3 is 5.32 Å². The van der Waals surface area contributed by atoms with Crippen LogP contribution < -0.4 is 5.32 Å².